The van der Waals surface area contributed by atoms with Gasteiger partial charge in [0.2, 0.25) is 5.91 Å². The first-order valence-corrected chi connectivity index (χ1v) is 10.9. The first kappa shape index (κ1) is 20.0. The molecule has 0 saturated heterocycles. The van der Waals surface area contributed by atoms with Crippen molar-refractivity contribution in [1.29, 1.82) is 0 Å². The molecular weight excluding hydrogens is 407 g/mol. The van der Waals surface area contributed by atoms with Crippen molar-refractivity contribution >= 4 is 21.6 Å². The van der Waals surface area contributed by atoms with E-state index in [0.29, 0.717) is 12.3 Å². The monoisotopic (exact) mass is 426 g/mol. The second kappa shape index (κ2) is 7.87. The SMILES string of the molecule is CC(C(=O)Nc1cccc(-c2ccc3c(c2)CCO3)n1)S(=O)(=O)c1ccc(F)cc1. The van der Waals surface area contributed by atoms with Crippen LogP contribution in [-0.2, 0) is 21.1 Å². The Morgan fingerprint density at radius 3 is 2.67 bits per heavy atom. The van der Waals surface area contributed by atoms with Crippen LogP contribution < -0.4 is 10.1 Å². The molecule has 0 bridgehead atoms. The number of anilines is 1. The first-order valence-electron chi connectivity index (χ1n) is 9.38. The van der Waals surface area contributed by atoms with Crippen molar-refractivity contribution in [3.63, 3.8) is 0 Å². The Balaban J connectivity index is 1.53. The number of nitrogens with zero attached hydrogens (tertiary/aromatic N) is 1. The lowest BCUT2D eigenvalue weighted by molar-refractivity contribution is -0.115. The van der Waals surface area contributed by atoms with E-state index in [9.17, 15) is 17.6 Å². The van der Waals surface area contributed by atoms with Gasteiger partial charge < -0.3 is 10.1 Å². The number of sulfone groups is 1. The number of aromatic nitrogens is 1. The van der Waals surface area contributed by atoms with Crippen LogP contribution in [0.4, 0.5) is 10.2 Å². The van der Waals surface area contributed by atoms with Gasteiger partial charge in [-0.25, -0.2) is 17.8 Å². The molecule has 1 amide bonds. The van der Waals surface area contributed by atoms with Gasteiger partial charge in [-0.15, -0.1) is 0 Å². The number of hydrogen-bond donors (Lipinski definition) is 1. The van der Waals surface area contributed by atoms with Crippen molar-refractivity contribution in [2.24, 2.45) is 0 Å². The van der Waals surface area contributed by atoms with Crippen molar-refractivity contribution in [2.75, 3.05) is 11.9 Å². The maximum Gasteiger partial charge on any atom is 0.243 e. The number of carbonyl (C=O) groups excluding carboxylic acids is 1. The van der Waals surface area contributed by atoms with Crippen LogP contribution >= 0.6 is 0 Å². The van der Waals surface area contributed by atoms with Gasteiger partial charge in [0.1, 0.15) is 22.6 Å². The Labute approximate surface area is 173 Å². The molecule has 1 aromatic heterocycles. The topological polar surface area (TPSA) is 85.4 Å². The first-order chi connectivity index (χ1) is 14.3. The van der Waals surface area contributed by atoms with E-state index >= 15 is 0 Å². The van der Waals surface area contributed by atoms with Gasteiger partial charge in [0.05, 0.1) is 17.2 Å². The molecule has 1 aliphatic rings. The smallest absolute Gasteiger partial charge is 0.243 e. The molecule has 0 radical (unpaired) electrons. The molecule has 0 saturated carbocycles. The molecule has 1 atom stereocenters. The third kappa shape index (κ3) is 3.91. The van der Waals surface area contributed by atoms with Crippen LogP contribution in [0.25, 0.3) is 11.3 Å². The highest BCUT2D eigenvalue weighted by molar-refractivity contribution is 7.92. The van der Waals surface area contributed by atoms with Gasteiger partial charge in [-0.2, -0.15) is 0 Å². The van der Waals surface area contributed by atoms with Crippen LogP contribution in [0.15, 0.2) is 65.6 Å². The third-order valence-corrected chi connectivity index (χ3v) is 7.04. The molecule has 0 spiro atoms. The lowest BCUT2D eigenvalue weighted by atomic mass is 10.1. The number of ether oxygens (including phenoxy) is 1. The molecule has 1 unspecified atom stereocenters. The predicted molar refractivity (Wildman–Crippen MR) is 111 cm³/mol. The van der Waals surface area contributed by atoms with Crippen molar-refractivity contribution in [3.05, 3.63) is 72.0 Å². The molecular formula is C22H19FN2O4S. The summed E-state index contributed by atoms with van der Waals surface area (Å²) in [7, 11) is -3.96. The lowest BCUT2D eigenvalue weighted by Crippen LogP contribution is -2.33. The number of fused-ring (bicyclic) bond motifs is 1. The number of pyridine rings is 1. The van der Waals surface area contributed by atoms with Crippen LogP contribution in [0.3, 0.4) is 0 Å². The zero-order chi connectivity index (χ0) is 21.3. The van der Waals surface area contributed by atoms with E-state index in [0.717, 1.165) is 47.6 Å². The van der Waals surface area contributed by atoms with E-state index in [1.807, 2.05) is 24.3 Å². The molecule has 0 aliphatic carbocycles. The molecule has 1 N–H and O–H groups in total. The standard InChI is InChI=1S/C22H19FN2O4S/c1-14(30(27,28)18-8-6-17(23)7-9-18)22(26)25-21-4-2-3-19(24-21)15-5-10-20-16(13-15)11-12-29-20/h2-10,13-14H,11-12H2,1H3,(H,24,25,26). The molecule has 2 heterocycles. The molecule has 4 rings (SSSR count). The zero-order valence-corrected chi connectivity index (χ0v) is 16.9. The molecule has 2 aromatic carbocycles. The van der Waals surface area contributed by atoms with Crippen LogP contribution in [0.1, 0.15) is 12.5 Å². The van der Waals surface area contributed by atoms with Crippen LogP contribution in [-0.4, -0.2) is 31.2 Å². The van der Waals surface area contributed by atoms with Crippen molar-refractivity contribution < 1.29 is 22.3 Å². The average Bonchev–Trinajstić information content (AvgIpc) is 3.21. The Bertz CT molecular complexity index is 1210. The van der Waals surface area contributed by atoms with Gasteiger partial charge in [-0.05, 0) is 67.1 Å². The summed E-state index contributed by atoms with van der Waals surface area (Å²) in [6, 6.07) is 15.3. The molecule has 1 aliphatic heterocycles. The normalized spacial score (nSPS) is 13.9. The van der Waals surface area contributed by atoms with E-state index in [1.54, 1.807) is 12.1 Å². The zero-order valence-electron chi connectivity index (χ0n) is 16.1. The molecule has 8 heteroatoms. The largest absolute Gasteiger partial charge is 0.493 e. The number of rotatable bonds is 5. The summed E-state index contributed by atoms with van der Waals surface area (Å²) in [4.78, 5) is 16.9. The van der Waals surface area contributed by atoms with E-state index in [4.69, 9.17) is 4.74 Å². The van der Waals surface area contributed by atoms with E-state index in [2.05, 4.69) is 10.3 Å². The number of carbonyl (C=O) groups is 1. The van der Waals surface area contributed by atoms with Gasteiger partial charge in [0.15, 0.2) is 9.84 Å². The average molecular weight is 426 g/mol. The van der Waals surface area contributed by atoms with Crippen LogP contribution in [0.2, 0.25) is 0 Å². The number of amides is 1. The quantitative estimate of drug-likeness (QED) is 0.630. The molecule has 3 aromatic rings. The molecule has 30 heavy (non-hydrogen) atoms. The summed E-state index contributed by atoms with van der Waals surface area (Å²) >= 11 is 0. The maximum absolute atomic E-state index is 13.1. The summed E-state index contributed by atoms with van der Waals surface area (Å²) in [5.41, 5.74) is 2.63. The second-order valence-electron chi connectivity index (χ2n) is 6.96. The van der Waals surface area contributed by atoms with Crippen molar-refractivity contribution in [2.45, 2.75) is 23.5 Å². The summed E-state index contributed by atoms with van der Waals surface area (Å²) < 4.78 is 43.9. The predicted octanol–water partition coefficient (Wildman–Crippen LogP) is 3.62. The number of benzene rings is 2. The second-order valence-corrected chi connectivity index (χ2v) is 9.23. The van der Waals surface area contributed by atoms with Gasteiger partial charge in [0, 0.05) is 12.0 Å². The van der Waals surface area contributed by atoms with Gasteiger partial charge >= 0.3 is 0 Å². The fourth-order valence-electron chi connectivity index (χ4n) is 3.21. The summed E-state index contributed by atoms with van der Waals surface area (Å²) in [5.74, 6) is -0.157. The van der Waals surface area contributed by atoms with Gasteiger partial charge in [0.25, 0.3) is 0 Å². The van der Waals surface area contributed by atoms with E-state index in [1.165, 1.54) is 6.92 Å². The van der Waals surface area contributed by atoms with Gasteiger partial charge in [-0.1, -0.05) is 6.07 Å². The third-order valence-electron chi connectivity index (χ3n) is 4.96. The highest BCUT2D eigenvalue weighted by Crippen LogP contribution is 2.30. The summed E-state index contributed by atoms with van der Waals surface area (Å²) in [6.07, 6.45) is 0.832. The summed E-state index contributed by atoms with van der Waals surface area (Å²) in [5, 5.41) is 1.19. The van der Waals surface area contributed by atoms with E-state index in [-0.39, 0.29) is 10.7 Å². The summed E-state index contributed by atoms with van der Waals surface area (Å²) in [6.45, 7) is 1.95. The fraction of sp³-hybridized carbons (Fsp3) is 0.182. The Kier molecular flexibility index (Phi) is 5.26. The molecule has 0 fully saturated rings. The minimum Gasteiger partial charge on any atom is -0.493 e. The molecule has 6 nitrogen and oxygen atoms in total. The Morgan fingerprint density at radius 1 is 1.13 bits per heavy atom. The Hall–Kier alpha value is -3.26. The number of hydrogen-bond acceptors (Lipinski definition) is 5. The number of halogens is 1. The lowest BCUT2D eigenvalue weighted by Gasteiger charge is -2.14. The minimum absolute atomic E-state index is 0.117. The fourth-order valence-corrected chi connectivity index (χ4v) is 4.47. The van der Waals surface area contributed by atoms with E-state index < -0.39 is 26.8 Å². The highest BCUT2D eigenvalue weighted by atomic mass is 32.2. The maximum atomic E-state index is 13.1. The van der Waals surface area contributed by atoms with Crippen LogP contribution in [0, 0.1) is 5.82 Å². The molecule has 154 valence electrons. The van der Waals surface area contributed by atoms with Crippen molar-refractivity contribution in [1.82, 2.24) is 4.98 Å². The Morgan fingerprint density at radius 2 is 1.90 bits per heavy atom. The van der Waals surface area contributed by atoms with Gasteiger partial charge in [-0.3, -0.25) is 4.79 Å². The minimum atomic E-state index is -3.96. The van der Waals surface area contributed by atoms with Crippen LogP contribution in [0.5, 0.6) is 5.75 Å². The number of nitrogens with one attached hydrogen (secondary N) is 1. The highest BCUT2D eigenvalue weighted by Gasteiger charge is 2.30. The van der Waals surface area contributed by atoms with Crippen molar-refractivity contribution in [3.8, 4) is 17.0 Å².